The van der Waals surface area contributed by atoms with E-state index < -0.39 is 29.2 Å². The lowest BCUT2D eigenvalue weighted by Gasteiger charge is -2.37. The number of carbonyl (C=O) groups is 3. The predicted octanol–water partition coefficient (Wildman–Crippen LogP) is 6.20. The number of para-hydroxylation sites is 1. The Balaban J connectivity index is 1.56. The molecular formula is C31H20FNO3S. The molecular weight excluding hydrogens is 485 g/mol. The largest absolute Gasteiger partial charge is 0.352 e. The molecule has 7 rings (SSSR count). The fourth-order valence-corrected chi connectivity index (χ4v) is 7.22. The van der Waals surface area contributed by atoms with Crippen LogP contribution in [-0.4, -0.2) is 29.4 Å². The molecule has 1 spiro atoms. The summed E-state index contributed by atoms with van der Waals surface area (Å²) in [6.07, 6.45) is 3.82. The lowest BCUT2D eigenvalue weighted by molar-refractivity contribution is 0.0666. The second kappa shape index (κ2) is 7.92. The zero-order chi connectivity index (χ0) is 25.3. The first-order chi connectivity index (χ1) is 18.0. The summed E-state index contributed by atoms with van der Waals surface area (Å²) in [7, 11) is 0. The minimum atomic E-state index is -1.57. The predicted molar refractivity (Wildman–Crippen MR) is 141 cm³/mol. The van der Waals surface area contributed by atoms with E-state index in [1.807, 2.05) is 52.8 Å². The van der Waals surface area contributed by atoms with E-state index in [0.29, 0.717) is 21.6 Å². The second-order valence-electron chi connectivity index (χ2n) is 9.66. The van der Waals surface area contributed by atoms with E-state index in [0.717, 1.165) is 11.3 Å². The van der Waals surface area contributed by atoms with E-state index in [9.17, 15) is 18.8 Å². The summed E-state index contributed by atoms with van der Waals surface area (Å²) in [5, 5.41) is 1.84. The van der Waals surface area contributed by atoms with Gasteiger partial charge in [0.1, 0.15) is 17.3 Å². The van der Waals surface area contributed by atoms with Gasteiger partial charge in [0.15, 0.2) is 17.3 Å². The van der Waals surface area contributed by atoms with Crippen molar-refractivity contribution in [2.75, 3.05) is 4.90 Å². The average Bonchev–Trinajstić information content (AvgIpc) is 3.63. The third-order valence-electron chi connectivity index (χ3n) is 7.97. The molecule has 37 heavy (non-hydrogen) atoms. The normalized spacial score (nSPS) is 22.7. The van der Waals surface area contributed by atoms with Crippen molar-refractivity contribution in [1.82, 2.24) is 0 Å². The first-order valence-corrected chi connectivity index (χ1v) is 13.0. The van der Waals surface area contributed by atoms with Crippen LogP contribution >= 0.6 is 11.3 Å². The maximum absolute atomic E-state index is 14.4. The van der Waals surface area contributed by atoms with Crippen LogP contribution in [0.3, 0.4) is 0 Å². The summed E-state index contributed by atoms with van der Waals surface area (Å²) >= 11 is 1.33. The second-order valence-corrected chi connectivity index (χ2v) is 10.6. The van der Waals surface area contributed by atoms with Crippen LogP contribution < -0.4 is 4.90 Å². The van der Waals surface area contributed by atoms with E-state index in [-0.39, 0.29) is 17.3 Å². The number of hydrogen-bond donors (Lipinski definition) is 0. The van der Waals surface area contributed by atoms with Gasteiger partial charge in [-0.3, -0.25) is 14.4 Å². The van der Waals surface area contributed by atoms with Gasteiger partial charge in [0.25, 0.3) is 0 Å². The van der Waals surface area contributed by atoms with Crippen molar-refractivity contribution >= 4 is 40.4 Å². The number of Topliss-reactive ketones (excluding diaryl/α,β-unsaturated/α-hetero) is 3. The Bertz CT molecular complexity index is 1590. The van der Waals surface area contributed by atoms with Crippen LogP contribution in [-0.2, 0) is 0 Å². The maximum atomic E-state index is 14.4. The quantitative estimate of drug-likeness (QED) is 0.246. The molecule has 6 heteroatoms. The van der Waals surface area contributed by atoms with Crippen LogP contribution in [0.2, 0.25) is 0 Å². The molecule has 4 nitrogen and oxygen atoms in total. The topological polar surface area (TPSA) is 54.5 Å². The van der Waals surface area contributed by atoms with Crippen LogP contribution in [0, 0.1) is 11.2 Å². The van der Waals surface area contributed by atoms with E-state index >= 15 is 0 Å². The SMILES string of the molecule is O=C(c1cccs1)C1C(c2ccc(F)cc2)C2(C(=O)c3ccccc3C2=O)C2C=Cc3ccccc3N12. The highest BCUT2D eigenvalue weighted by Crippen LogP contribution is 2.61. The fourth-order valence-electron chi connectivity index (χ4n) is 6.53. The molecule has 0 N–H and O–H groups in total. The number of fused-ring (bicyclic) bond motifs is 5. The third kappa shape index (κ3) is 2.84. The molecule has 0 saturated carbocycles. The van der Waals surface area contributed by atoms with Gasteiger partial charge in [-0.05, 0) is 40.8 Å². The summed E-state index contributed by atoms with van der Waals surface area (Å²) in [6, 6.07) is 22.5. The summed E-state index contributed by atoms with van der Waals surface area (Å²) < 4.78 is 14.1. The highest BCUT2D eigenvalue weighted by molar-refractivity contribution is 7.12. The summed E-state index contributed by atoms with van der Waals surface area (Å²) in [6.45, 7) is 0. The molecule has 0 amide bonds. The van der Waals surface area contributed by atoms with E-state index in [4.69, 9.17) is 0 Å². The monoisotopic (exact) mass is 505 g/mol. The minimum Gasteiger partial charge on any atom is -0.352 e. The van der Waals surface area contributed by atoms with E-state index in [2.05, 4.69) is 0 Å². The van der Waals surface area contributed by atoms with Crippen molar-refractivity contribution < 1.29 is 18.8 Å². The van der Waals surface area contributed by atoms with Gasteiger partial charge in [-0.25, -0.2) is 4.39 Å². The van der Waals surface area contributed by atoms with Gasteiger partial charge in [0, 0.05) is 22.7 Å². The molecule has 3 unspecified atom stereocenters. The summed E-state index contributed by atoms with van der Waals surface area (Å²) in [5.41, 5.74) is 1.47. The van der Waals surface area contributed by atoms with Gasteiger partial charge in [0.2, 0.25) is 0 Å². The zero-order valence-electron chi connectivity index (χ0n) is 19.5. The molecule has 0 radical (unpaired) electrons. The van der Waals surface area contributed by atoms with Crippen molar-refractivity contribution in [3.05, 3.63) is 129 Å². The minimum absolute atomic E-state index is 0.159. The number of carbonyl (C=O) groups excluding carboxylic acids is 3. The molecule has 1 aromatic heterocycles. The lowest BCUT2D eigenvalue weighted by atomic mass is 9.64. The van der Waals surface area contributed by atoms with Gasteiger partial charge in [-0.1, -0.05) is 72.8 Å². The molecule has 3 aromatic carbocycles. The molecule has 180 valence electrons. The fraction of sp³-hybridized carbons (Fsp3) is 0.129. The number of hydrogen-bond acceptors (Lipinski definition) is 5. The Morgan fingerprint density at radius 3 is 2.19 bits per heavy atom. The molecule has 3 aliphatic rings. The van der Waals surface area contributed by atoms with Crippen molar-refractivity contribution in [2.24, 2.45) is 5.41 Å². The van der Waals surface area contributed by atoms with Crippen LogP contribution in [0.25, 0.3) is 6.08 Å². The van der Waals surface area contributed by atoms with Gasteiger partial charge < -0.3 is 4.90 Å². The van der Waals surface area contributed by atoms with Gasteiger partial charge >= 0.3 is 0 Å². The number of ketones is 3. The molecule has 3 atom stereocenters. The number of thiophene rings is 1. The Kier molecular flexibility index (Phi) is 4.72. The first kappa shape index (κ1) is 22.1. The molecule has 1 saturated heterocycles. The first-order valence-electron chi connectivity index (χ1n) is 12.1. The van der Waals surface area contributed by atoms with Gasteiger partial charge in [-0.15, -0.1) is 11.3 Å². The Labute approximate surface area is 216 Å². The molecule has 4 aromatic rings. The lowest BCUT2D eigenvalue weighted by Crippen LogP contribution is -2.48. The maximum Gasteiger partial charge on any atom is 0.195 e. The molecule has 1 aliphatic carbocycles. The molecule has 3 heterocycles. The number of rotatable bonds is 3. The van der Waals surface area contributed by atoms with Crippen LogP contribution in [0.5, 0.6) is 0 Å². The molecule has 2 aliphatic heterocycles. The van der Waals surface area contributed by atoms with Gasteiger partial charge in [0.05, 0.1) is 10.9 Å². The summed E-state index contributed by atoms with van der Waals surface area (Å²) in [4.78, 5) is 45.7. The van der Waals surface area contributed by atoms with Crippen molar-refractivity contribution in [1.29, 1.82) is 0 Å². The van der Waals surface area contributed by atoms with Crippen molar-refractivity contribution in [2.45, 2.75) is 18.0 Å². The molecule has 1 fully saturated rings. The van der Waals surface area contributed by atoms with E-state index in [1.54, 1.807) is 42.5 Å². The highest BCUT2D eigenvalue weighted by Gasteiger charge is 2.71. The Hall–Kier alpha value is -4.16. The van der Waals surface area contributed by atoms with Crippen molar-refractivity contribution in [3.8, 4) is 0 Å². The van der Waals surface area contributed by atoms with Crippen LogP contribution in [0.4, 0.5) is 10.1 Å². The van der Waals surface area contributed by atoms with Crippen LogP contribution in [0.15, 0.2) is 96.4 Å². The van der Waals surface area contributed by atoms with Gasteiger partial charge in [-0.2, -0.15) is 0 Å². The number of benzene rings is 3. The number of anilines is 1. The highest BCUT2D eigenvalue weighted by atomic mass is 32.1. The zero-order valence-corrected chi connectivity index (χ0v) is 20.3. The Morgan fingerprint density at radius 1 is 0.838 bits per heavy atom. The van der Waals surface area contributed by atoms with Crippen molar-refractivity contribution in [3.63, 3.8) is 0 Å². The third-order valence-corrected chi connectivity index (χ3v) is 8.86. The number of nitrogens with zero attached hydrogens (tertiary/aromatic N) is 1. The summed E-state index contributed by atoms with van der Waals surface area (Å²) in [5.74, 6) is -1.98. The Morgan fingerprint density at radius 2 is 1.51 bits per heavy atom. The standard InChI is InChI=1S/C31H20FNO3S/c32-20-14-11-19(12-15-20)26-27(28(34)24-10-5-17-37-24)33-23-9-4-1-6-18(23)13-16-25(33)31(26)29(35)21-7-2-3-8-22(21)30(31)36/h1-17,25-27H. The van der Waals surface area contributed by atoms with Crippen LogP contribution in [0.1, 0.15) is 47.4 Å². The number of halogens is 1. The average molecular weight is 506 g/mol. The molecule has 0 bridgehead atoms. The van der Waals surface area contributed by atoms with E-state index in [1.165, 1.54) is 23.5 Å². The smallest absolute Gasteiger partial charge is 0.195 e.